The molecule has 15 heavy (non-hydrogen) atoms. The first-order chi connectivity index (χ1) is 7.36. The van der Waals surface area contributed by atoms with E-state index in [1.165, 1.54) is 5.06 Å². The highest BCUT2D eigenvalue weighted by atomic mass is 16.7. The number of nitrogens with zero attached hydrogens (tertiary/aromatic N) is 1. The first-order valence-corrected chi connectivity index (χ1v) is 4.79. The van der Waals surface area contributed by atoms with Crippen LogP contribution in [0.5, 0.6) is 0 Å². The number of hydrogen-bond acceptors (Lipinski definition) is 3. The molecule has 2 amide bonds. The Kier molecular flexibility index (Phi) is 3.16. The van der Waals surface area contributed by atoms with E-state index in [-0.39, 0.29) is 6.03 Å². The Balaban J connectivity index is 1.80. The number of nitrogens with one attached hydrogen (secondary N) is 2. The molecule has 0 saturated carbocycles. The second kappa shape index (κ2) is 4.77. The maximum atomic E-state index is 11.5. The van der Waals surface area contributed by atoms with Crippen molar-refractivity contribution in [2.24, 2.45) is 0 Å². The van der Waals surface area contributed by atoms with Crippen LogP contribution in [0.25, 0.3) is 0 Å². The van der Waals surface area contributed by atoms with E-state index in [9.17, 15) is 4.79 Å². The van der Waals surface area contributed by atoms with E-state index in [2.05, 4.69) is 10.6 Å². The van der Waals surface area contributed by atoms with Gasteiger partial charge in [-0.1, -0.05) is 30.3 Å². The van der Waals surface area contributed by atoms with Crippen molar-refractivity contribution in [2.45, 2.75) is 6.54 Å². The summed E-state index contributed by atoms with van der Waals surface area (Å²) in [5, 5.41) is 6.92. The Labute approximate surface area is 88.0 Å². The van der Waals surface area contributed by atoms with Crippen molar-refractivity contribution in [1.82, 2.24) is 15.7 Å². The Bertz CT molecular complexity index is 323. The molecule has 0 aliphatic carbocycles. The number of hydrogen-bond donors (Lipinski definition) is 2. The van der Waals surface area contributed by atoms with Gasteiger partial charge in [0, 0.05) is 6.54 Å². The molecular formula is C10H13N3O2. The van der Waals surface area contributed by atoms with Crippen LogP contribution in [-0.4, -0.2) is 24.5 Å². The molecule has 1 aliphatic rings. The predicted octanol–water partition coefficient (Wildman–Crippen LogP) is 0.648. The zero-order valence-electron chi connectivity index (χ0n) is 8.27. The predicted molar refractivity (Wildman–Crippen MR) is 54.5 cm³/mol. The Morgan fingerprint density at radius 1 is 1.47 bits per heavy atom. The third kappa shape index (κ3) is 2.68. The molecule has 0 unspecified atom stereocenters. The average molecular weight is 207 g/mol. The van der Waals surface area contributed by atoms with E-state index in [1.807, 2.05) is 30.3 Å². The topological polar surface area (TPSA) is 53.6 Å². The standard InChI is InChI=1S/C10H13N3O2/c14-10(13-7-11-8-15-13)12-6-9-4-2-1-3-5-9/h1-5,11H,6-8H2,(H,12,14). The van der Waals surface area contributed by atoms with Gasteiger partial charge in [0.1, 0.15) is 13.4 Å². The molecule has 2 N–H and O–H groups in total. The molecule has 0 atom stereocenters. The number of amides is 2. The number of benzene rings is 1. The van der Waals surface area contributed by atoms with Crippen molar-refractivity contribution in [1.29, 1.82) is 0 Å². The molecule has 0 spiro atoms. The summed E-state index contributed by atoms with van der Waals surface area (Å²) in [7, 11) is 0. The van der Waals surface area contributed by atoms with Gasteiger partial charge in [-0.15, -0.1) is 0 Å². The van der Waals surface area contributed by atoms with Crippen LogP contribution >= 0.6 is 0 Å². The van der Waals surface area contributed by atoms with Crippen molar-refractivity contribution in [3.05, 3.63) is 35.9 Å². The third-order valence-electron chi connectivity index (χ3n) is 2.09. The Morgan fingerprint density at radius 3 is 2.93 bits per heavy atom. The summed E-state index contributed by atoms with van der Waals surface area (Å²) in [6, 6.07) is 9.53. The fourth-order valence-electron chi connectivity index (χ4n) is 1.31. The highest BCUT2D eigenvalue weighted by Gasteiger charge is 2.17. The van der Waals surface area contributed by atoms with Crippen molar-refractivity contribution in [3.8, 4) is 0 Å². The van der Waals surface area contributed by atoms with Gasteiger partial charge in [-0.3, -0.25) is 10.2 Å². The van der Waals surface area contributed by atoms with Crippen LogP contribution in [0.15, 0.2) is 30.3 Å². The van der Waals surface area contributed by atoms with Crippen molar-refractivity contribution in [2.75, 3.05) is 13.4 Å². The van der Waals surface area contributed by atoms with Crippen LogP contribution in [0.2, 0.25) is 0 Å². The number of rotatable bonds is 2. The Hall–Kier alpha value is -1.59. The molecule has 0 aromatic heterocycles. The van der Waals surface area contributed by atoms with E-state index >= 15 is 0 Å². The van der Waals surface area contributed by atoms with E-state index in [1.54, 1.807) is 0 Å². The van der Waals surface area contributed by atoms with E-state index in [4.69, 9.17) is 4.84 Å². The van der Waals surface area contributed by atoms with Gasteiger partial charge in [0.15, 0.2) is 0 Å². The molecule has 80 valence electrons. The fourth-order valence-corrected chi connectivity index (χ4v) is 1.31. The van der Waals surface area contributed by atoms with Gasteiger partial charge in [-0.2, -0.15) is 5.06 Å². The highest BCUT2D eigenvalue weighted by molar-refractivity contribution is 5.73. The minimum Gasteiger partial charge on any atom is -0.332 e. The molecule has 1 saturated heterocycles. The molecule has 0 radical (unpaired) electrons. The number of urea groups is 1. The average Bonchev–Trinajstić information content (AvgIpc) is 2.81. The molecule has 2 rings (SSSR count). The largest absolute Gasteiger partial charge is 0.342 e. The second-order valence-corrected chi connectivity index (χ2v) is 3.20. The van der Waals surface area contributed by atoms with Gasteiger partial charge < -0.3 is 5.32 Å². The lowest BCUT2D eigenvalue weighted by Gasteiger charge is -2.13. The van der Waals surface area contributed by atoms with Gasteiger partial charge in [0.25, 0.3) is 0 Å². The van der Waals surface area contributed by atoms with Crippen LogP contribution in [0.1, 0.15) is 5.56 Å². The van der Waals surface area contributed by atoms with Crippen LogP contribution in [0.3, 0.4) is 0 Å². The molecular weight excluding hydrogens is 194 g/mol. The SMILES string of the molecule is O=C(NCc1ccccc1)N1CNCO1. The molecule has 5 heteroatoms. The van der Waals surface area contributed by atoms with Gasteiger partial charge in [0.05, 0.1) is 0 Å². The lowest BCUT2D eigenvalue weighted by Crippen LogP contribution is -2.37. The molecule has 5 nitrogen and oxygen atoms in total. The number of carbonyl (C=O) groups excluding carboxylic acids is 1. The quantitative estimate of drug-likeness (QED) is 0.748. The summed E-state index contributed by atoms with van der Waals surface area (Å²) in [5.74, 6) is 0. The second-order valence-electron chi connectivity index (χ2n) is 3.20. The van der Waals surface area contributed by atoms with Crippen LogP contribution in [0, 0.1) is 0 Å². The van der Waals surface area contributed by atoms with Crippen LogP contribution in [-0.2, 0) is 11.4 Å². The zero-order chi connectivity index (χ0) is 10.5. The molecule has 1 heterocycles. The smallest absolute Gasteiger partial charge is 0.332 e. The van der Waals surface area contributed by atoms with Gasteiger partial charge in [-0.05, 0) is 5.56 Å². The Morgan fingerprint density at radius 2 is 2.27 bits per heavy atom. The summed E-state index contributed by atoms with van der Waals surface area (Å²) in [6.45, 7) is 1.33. The lowest BCUT2D eigenvalue weighted by molar-refractivity contribution is -0.0667. The first-order valence-electron chi connectivity index (χ1n) is 4.79. The maximum absolute atomic E-state index is 11.5. The number of carbonyl (C=O) groups is 1. The molecule has 1 aromatic rings. The monoisotopic (exact) mass is 207 g/mol. The lowest BCUT2D eigenvalue weighted by atomic mass is 10.2. The van der Waals surface area contributed by atoms with E-state index < -0.39 is 0 Å². The van der Waals surface area contributed by atoms with Crippen LogP contribution < -0.4 is 10.6 Å². The van der Waals surface area contributed by atoms with Crippen LogP contribution in [0.4, 0.5) is 4.79 Å². The molecule has 1 aliphatic heterocycles. The van der Waals surface area contributed by atoms with E-state index in [0.717, 1.165) is 5.56 Å². The van der Waals surface area contributed by atoms with Crippen molar-refractivity contribution in [3.63, 3.8) is 0 Å². The minimum absolute atomic E-state index is 0.219. The van der Waals surface area contributed by atoms with E-state index in [0.29, 0.717) is 19.9 Å². The van der Waals surface area contributed by atoms with Gasteiger partial charge in [-0.25, -0.2) is 4.79 Å². The minimum atomic E-state index is -0.219. The summed E-state index contributed by atoms with van der Waals surface area (Å²) < 4.78 is 0. The normalized spacial score (nSPS) is 15.3. The fraction of sp³-hybridized carbons (Fsp3) is 0.300. The molecule has 0 bridgehead atoms. The summed E-state index contributed by atoms with van der Waals surface area (Å²) in [4.78, 5) is 16.5. The van der Waals surface area contributed by atoms with Gasteiger partial charge >= 0.3 is 6.03 Å². The summed E-state index contributed by atoms with van der Waals surface area (Å²) in [5.41, 5.74) is 1.07. The number of hydroxylamine groups is 2. The maximum Gasteiger partial charge on any atom is 0.342 e. The summed E-state index contributed by atoms with van der Waals surface area (Å²) in [6.07, 6.45) is 0. The third-order valence-corrected chi connectivity index (χ3v) is 2.09. The highest BCUT2D eigenvalue weighted by Crippen LogP contribution is 1.99. The van der Waals surface area contributed by atoms with Crippen molar-refractivity contribution >= 4 is 6.03 Å². The zero-order valence-corrected chi connectivity index (χ0v) is 8.27. The molecule has 1 aromatic carbocycles. The van der Waals surface area contributed by atoms with Crippen molar-refractivity contribution < 1.29 is 9.63 Å². The van der Waals surface area contributed by atoms with Gasteiger partial charge in [0.2, 0.25) is 0 Å². The molecule has 1 fully saturated rings. The first kappa shape index (κ1) is 9.95. The summed E-state index contributed by atoms with van der Waals surface area (Å²) >= 11 is 0.